The molecule has 0 aliphatic carbocycles. The van der Waals surface area contributed by atoms with E-state index in [-0.39, 0.29) is 5.41 Å². The molecular formula is C18H27N5S. The number of anilines is 1. The molecule has 0 amide bonds. The van der Waals surface area contributed by atoms with Crippen molar-refractivity contribution < 1.29 is 0 Å². The second kappa shape index (κ2) is 6.76. The molecule has 5 nitrogen and oxygen atoms in total. The monoisotopic (exact) mass is 345 g/mol. The fourth-order valence-electron chi connectivity index (χ4n) is 2.95. The van der Waals surface area contributed by atoms with Crippen LogP contribution >= 0.6 is 11.3 Å². The maximum absolute atomic E-state index is 4.53. The Labute approximate surface area is 148 Å². The summed E-state index contributed by atoms with van der Waals surface area (Å²) in [6.45, 7) is 15.8. The highest BCUT2D eigenvalue weighted by Crippen LogP contribution is 2.23. The molecule has 2 aromatic heterocycles. The van der Waals surface area contributed by atoms with E-state index >= 15 is 0 Å². The van der Waals surface area contributed by atoms with E-state index in [1.807, 2.05) is 11.3 Å². The van der Waals surface area contributed by atoms with Gasteiger partial charge in [0, 0.05) is 43.0 Å². The zero-order valence-corrected chi connectivity index (χ0v) is 16.2. The number of hydrogen-bond donors (Lipinski definition) is 0. The summed E-state index contributed by atoms with van der Waals surface area (Å²) in [6.07, 6.45) is 0. The number of nitrogens with zero attached hydrogens (tertiary/aromatic N) is 5. The fourth-order valence-corrected chi connectivity index (χ4v) is 3.93. The highest BCUT2D eigenvalue weighted by Gasteiger charge is 2.21. The predicted octanol–water partition coefficient (Wildman–Crippen LogP) is 3.17. The third-order valence-corrected chi connectivity index (χ3v) is 5.54. The molecule has 0 spiro atoms. The van der Waals surface area contributed by atoms with Gasteiger partial charge in [-0.05, 0) is 26.0 Å². The molecule has 0 aromatic carbocycles. The average Bonchev–Trinajstić information content (AvgIpc) is 2.85. The molecule has 0 N–H and O–H groups in total. The largest absolute Gasteiger partial charge is 0.353 e. The normalized spacial score (nSPS) is 16.6. The van der Waals surface area contributed by atoms with Crippen molar-refractivity contribution in [3.05, 3.63) is 33.4 Å². The second-order valence-corrected chi connectivity index (χ2v) is 8.82. The van der Waals surface area contributed by atoms with Crippen LogP contribution in [0.4, 0.5) is 5.82 Å². The van der Waals surface area contributed by atoms with Gasteiger partial charge in [-0.15, -0.1) is 16.4 Å². The van der Waals surface area contributed by atoms with Gasteiger partial charge in [-0.25, -0.2) is 4.98 Å². The Hall–Kier alpha value is -1.53. The molecule has 3 heterocycles. The number of aryl methyl sites for hydroxylation is 2. The van der Waals surface area contributed by atoms with E-state index in [0.717, 1.165) is 49.2 Å². The maximum atomic E-state index is 4.53. The van der Waals surface area contributed by atoms with Gasteiger partial charge in [0.1, 0.15) is 0 Å². The van der Waals surface area contributed by atoms with Gasteiger partial charge in [0.2, 0.25) is 0 Å². The minimum Gasteiger partial charge on any atom is -0.353 e. The van der Waals surface area contributed by atoms with Crippen molar-refractivity contribution in [2.24, 2.45) is 0 Å². The third-order valence-electron chi connectivity index (χ3n) is 4.48. The highest BCUT2D eigenvalue weighted by molar-refractivity contribution is 7.11. The van der Waals surface area contributed by atoms with Gasteiger partial charge in [-0.3, -0.25) is 4.90 Å². The fraction of sp³-hybridized carbons (Fsp3) is 0.611. The van der Waals surface area contributed by atoms with Gasteiger partial charge in [-0.1, -0.05) is 20.8 Å². The van der Waals surface area contributed by atoms with Gasteiger partial charge in [0.05, 0.1) is 16.4 Å². The van der Waals surface area contributed by atoms with Crippen molar-refractivity contribution in [3.8, 4) is 0 Å². The standard InChI is InChI=1S/C18H27N5S/c1-13-15(24-14(2)19-13)12-22-8-10-23(11-9-22)17-7-6-16(20-21-17)18(3,4)5/h6-7H,8-12H2,1-5H3. The molecule has 0 unspecified atom stereocenters. The first kappa shape index (κ1) is 17.3. The van der Waals surface area contributed by atoms with Gasteiger partial charge < -0.3 is 4.90 Å². The first-order valence-electron chi connectivity index (χ1n) is 8.57. The zero-order chi connectivity index (χ0) is 17.3. The van der Waals surface area contributed by atoms with Gasteiger partial charge in [-0.2, -0.15) is 5.10 Å². The van der Waals surface area contributed by atoms with Crippen molar-refractivity contribution in [2.75, 3.05) is 31.1 Å². The smallest absolute Gasteiger partial charge is 0.151 e. The number of hydrogen-bond acceptors (Lipinski definition) is 6. The summed E-state index contributed by atoms with van der Waals surface area (Å²) >= 11 is 1.82. The molecule has 0 atom stereocenters. The number of thiazole rings is 1. The molecule has 1 aliphatic heterocycles. The van der Waals surface area contributed by atoms with Crippen molar-refractivity contribution in [1.82, 2.24) is 20.1 Å². The Bertz CT molecular complexity index is 678. The lowest BCUT2D eigenvalue weighted by molar-refractivity contribution is 0.250. The molecule has 3 rings (SSSR count). The van der Waals surface area contributed by atoms with Crippen molar-refractivity contribution >= 4 is 17.2 Å². The lowest BCUT2D eigenvalue weighted by Crippen LogP contribution is -2.46. The third kappa shape index (κ3) is 3.92. The first-order chi connectivity index (χ1) is 11.3. The molecule has 1 fully saturated rings. The van der Waals surface area contributed by atoms with E-state index in [2.05, 4.69) is 71.7 Å². The van der Waals surface area contributed by atoms with Gasteiger partial charge in [0.15, 0.2) is 5.82 Å². The summed E-state index contributed by atoms with van der Waals surface area (Å²) in [5.74, 6) is 0.993. The van der Waals surface area contributed by atoms with Crippen LogP contribution in [0.25, 0.3) is 0 Å². The Kier molecular flexibility index (Phi) is 4.88. The summed E-state index contributed by atoms with van der Waals surface area (Å²) < 4.78 is 0. The van der Waals surface area contributed by atoms with Crippen LogP contribution in [-0.2, 0) is 12.0 Å². The van der Waals surface area contributed by atoms with Gasteiger partial charge >= 0.3 is 0 Å². The predicted molar refractivity (Wildman–Crippen MR) is 99.8 cm³/mol. The van der Waals surface area contributed by atoms with Crippen molar-refractivity contribution in [1.29, 1.82) is 0 Å². The topological polar surface area (TPSA) is 45.2 Å². The van der Waals surface area contributed by atoms with E-state index in [4.69, 9.17) is 0 Å². The quantitative estimate of drug-likeness (QED) is 0.855. The van der Waals surface area contributed by atoms with Crippen LogP contribution in [0, 0.1) is 13.8 Å². The molecule has 0 bridgehead atoms. The molecule has 1 saturated heterocycles. The summed E-state index contributed by atoms with van der Waals surface area (Å²) in [7, 11) is 0. The minimum atomic E-state index is 0.0506. The summed E-state index contributed by atoms with van der Waals surface area (Å²) in [4.78, 5) is 10.8. The minimum absolute atomic E-state index is 0.0506. The molecule has 1 aliphatic rings. The van der Waals surface area contributed by atoms with Crippen LogP contribution < -0.4 is 4.90 Å². The van der Waals surface area contributed by atoms with Crippen LogP contribution in [0.15, 0.2) is 12.1 Å². The molecule has 2 aromatic rings. The number of piperazine rings is 1. The maximum Gasteiger partial charge on any atom is 0.151 e. The van der Waals surface area contributed by atoms with Crippen molar-refractivity contribution in [3.63, 3.8) is 0 Å². The molecular weight excluding hydrogens is 318 g/mol. The van der Waals surface area contributed by atoms with Crippen LogP contribution in [0.3, 0.4) is 0 Å². The Balaban J connectivity index is 1.58. The Morgan fingerprint density at radius 3 is 2.25 bits per heavy atom. The van der Waals surface area contributed by atoms with E-state index < -0.39 is 0 Å². The average molecular weight is 346 g/mol. The highest BCUT2D eigenvalue weighted by atomic mass is 32.1. The summed E-state index contributed by atoms with van der Waals surface area (Å²) in [5.41, 5.74) is 2.28. The van der Waals surface area contributed by atoms with Crippen LogP contribution in [-0.4, -0.2) is 46.3 Å². The van der Waals surface area contributed by atoms with Crippen LogP contribution in [0.5, 0.6) is 0 Å². The lowest BCUT2D eigenvalue weighted by atomic mass is 9.92. The van der Waals surface area contributed by atoms with Crippen LogP contribution in [0.1, 0.15) is 42.0 Å². The van der Waals surface area contributed by atoms with E-state index in [1.54, 1.807) is 0 Å². The molecule has 0 saturated carbocycles. The lowest BCUT2D eigenvalue weighted by Gasteiger charge is -2.35. The van der Waals surface area contributed by atoms with E-state index in [1.165, 1.54) is 10.6 Å². The van der Waals surface area contributed by atoms with Crippen LogP contribution in [0.2, 0.25) is 0 Å². The first-order valence-corrected chi connectivity index (χ1v) is 9.39. The number of rotatable bonds is 3. The van der Waals surface area contributed by atoms with Crippen molar-refractivity contribution in [2.45, 2.75) is 46.6 Å². The van der Waals surface area contributed by atoms with E-state index in [0.29, 0.717) is 0 Å². The van der Waals surface area contributed by atoms with E-state index in [9.17, 15) is 0 Å². The second-order valence-electron chi connectivity index (χ2n) is 7.53. The Morgan fingerprint density at radius 1 is 1.04 bits per heavy atom. The molecule has 24 heavy (non-hydrogen) atoms. The zero-order valence-electron chi connectivity index (χ0n) is 15.3. The molecule has 6 heteroatoms. The van der Waals surface area contributed by atoms with Gasteiger partial charge in [0.25, 0.3) is 0 Å². The number of aromatic nitrogens is 3. The molecule has 0 radical (unpaired) electrons. The Morgan fingerprint density at radius 2 is 1.75 bits per heavy atom. The molecule has 130 valence electrons. The summed E-state index contributed by atoms with van der Waals surface area (Å²) in [5, 5.41) is 10.0. The summed E-state index contributed by atoms with van der Waals surface area (Å²) in [6, 6.07) is 4.22. The SMILES string of the molecule is Cc1nc(C)c(CN2CCN(c3ccc(C(C)(C)C)nn3)CC2)s1.